The molecule has 5 aliphatic rings. The van der Waals surface area contributed by atoms with E-state index in [-0.39, 0.29) is 12.2 Å². The van der Waals surface area contributed by atoms with Crippen molar-refractivity contribution in [3.63, 3.8) is 0 Å². The highest BCUT2D eigenvalue weighted by molar-refractivity contribution is 5.21. The van der Waals surface area contributed by atoms with E-state index < -0.39 is 17.7 Å². The molecule has 4 aliphatic heterocycles. The Bertz CT molecular complexity index is 666. The summed E-state index contributed by atoms with van der Waals surface area (Å²) < 4.78 is 19.0. The fourth-order valence-electron chi connectivity index (χ4n) is 5.64. The molecule has 0 amide bonds. The Labute approximate surface area is 154 Å². The van der Waals surface area contributed by atoms with Crippen molar-refractivity contribution in [2.45, 2.75) is 70.4 Å². The molecular formula is C21H28O5. The number of ether oxygens (including phenoxy) is 3. The van der Waals surface area contributed by atoms with Gasteiger partial charge < -0.3 is 14.2 Å². The summed E-state index contributed by atoms with van der Waals surface area (Å²) in [5, 5.41) is 0. The second kappa shape index (κ2) is 5.93. The highest BCUT2D eigenvalue weighted by Gasteiger charge is 2.69. The van der Waals surface area contributed by atoms with Crippen molar-refractivity contribution in [1.82, 2.24) is 0 Å². The topological polar surface area (TPSA) is 46.2 Å². The first-order valence-corrected chi connectivity index (χ1v) is 9.94. The second-order valence-electron chi connectivity index (χ2n) is 8.70. The predicted octanol–water partition coefficient (Wildman–Crippen LogP) is 4.27. The smallest absolute Gasteiger partial charge is 0.205 e. The van der Waals surface area contributed by atoms with Crippen LogP contribution in [-0.2, 0) is 19.2 Å². The zero-order valence-electron chi connectivity index (χ0n) is 15.7. The highest BCUT2D eigenvalue weighted by Crippen LogP contribution is 2.60. The Morgan fingerprint density at radius 3 is 2.62 bits per heavy atom. The van der Waals surface area contributed by atoms with Gasteiger partial charge in [0.2, 0.25) is 12.1 Å². The monoisotopic (exact) mass is 360 g/mol. The van der Waals surface area contributed by atoms with Crippen LogP contribution in [0.25, 0.3) is 0 Å². The van der Waals surface area contributed by atoms with E-state index in [4.69, 9.17) is 24.0 Å². The van der Waals surface area contributed by atoms with Crippen LogP contribution in [0.2, 0.25) is 0 Å². The maximum atomic E-state index is 6.41. The molecule has 1 aromatic carbocycles. The molecule has 5 fully saturated rings. The average Bonchev–Trinajstić information content (AvgIpc) is 2.86. The molecule has 142 valence electrons. The van der Waals surface area contributed by atoms with Crippen LogP contribution in [0.4, 0.5) is 0 Å². The standard InChI is InChI=1S/C21H28O5/c1-13-9-10-17-14(2)18(22-15-7-5-4-6-8-15)23-19-21(17)16(13)11-12-20(3,24-19)25-26-21/h4-8,13-14,16-19H,9-12H2,1-3H3/t13-,14-,16+,17+,18-,19-,20+,21-/m1/s1. The first kappa shape index (κ1) is 17.0. The molecule has 0 unspecified atom stereocenters. The minimum absolute atomic E-state index is 0.191. The first-order chi connectivity index (χ1) is 12.5. The van der Waals surface area contributed by atoms with Gasteiger partial charge in [0.1, 0.15) is 5.75 Å². The Hall–Kier alpha value is -1.14. The molecule has 1 aromatic rings. The van der Waals surface area contributed by atoms with Gasteiger partial charge in [0, 0.05) is 18.3 Å². The molecule has 5 heteroatoms. The Morgan fingerprint density at radius 2 is 1.81 bits per heavy atom. The van der Waals surface area contributed by atoms with Crippen molar-refractivity contribution in [2.24, 2.45) is 23.7 Å². The van der Waals surface area contributed by atoms with Crippen LogP contribution in [0.15, 0.2) is 30.3 Å². The maximum Gasteiger partial charge on any atom is 0.205 e. The summed E-state index contributed by atoms with van der Waals surface area (Å²) in [6, 6.07) is 9.87. The van der Waals surface area contributed by atoms with E-state index in [1.54, 1.807) is 0 Å². The summed E-state index contributed by atoms with van der Waals surface area (Å²) in [4.78, 5) is 12.0. The van der Waals surface area contributed by atoms with Crippen molar-refractivity contribution >= 4 is 0 Å². The summed E-state index contributed by atoms with van der Waals surface area (Å²) in [7, 11) is 0. The normalized spacial score (nSPS) is 50.0. The minimum Gasteiger partial charge on any atom is -0.465 e. The molecule has 6 rings (SSSR count). The highest BCUT2D eigenvalue weighted by atomic mass is 17.3. The maximum absolute atomic E-state index is 6.41. The van der Waals surface area contributed by atoms with Gasteiger partial charge in [-0.05, 0) is 50.2 Å². The Balaban J connectivity index is 1.50. The molecule has 4 heterocycles. The fourth-order valence-corrected chi connectivity index (χ4v) is 5.64. The minimum atomic E-state index is -0.741. The van der Waals surface area contributed by atoms with Crippen molar-refractivity contribution < 1.29 is 24.0 Å². The molecule has 26 heavy (non-hydrogen) atoms. The van der Waals surface area contributed by atoms with Crippen molar-refractivity contribution in [3.8, 4) is 5.75 Å². The molecule has 2 bridgehead atoms. The van der Waals surface area contributed by atoms with E-state index in [0.717, 1.165) is 25.0 Å². The second-order valence-corrected chi connectivity index (χ2v) is 8.70. The van der Waals surface area contributed by atoms with Crippen molar-refractivity contribution in [1.29, 1.82) is 0 Å². The van der Waals surface area contributed by atoms with E-state index in [1.807, 2.05) is 37.3 Å². The molecule has 1 saturated carbocycles. The number of para-hydroxylation sites is 1. The van der Waals surface area contributed by atoms with Crippen LogP contribution < -0.4 is 4.74 Å². The van der Waals surface area contributed by atoms with E-state index in [0.29, 0.717) is 17.8 Å². The lowest BCUT2D eigenvalue weighted by Gasteiger charge is -2.60. The van der Waals surface area contributed by atoms with Gasteiger partial charge in [0.25, 0.3) is 0 Å². The van der Waals surface area contributed by atoms with Gasteiger partial charge in [-0.3, -0.25) is 0 Å². The van der Waals surface area contributed by atoms with Crippen LogP contribution in [0.1, 0.15) is 46.5 Å². The van der Waals surface area contributed by atoms with Gasteiger partial charge in [-0.25, -0.2) is 9.78 Å². The van der Waals surface area contributed by atoms with Gasteiger partial charge in [-0.1, -0.05) is 32.0 Å². The summed E-state index contributed by atoms with van der Waals surface area (Å²) in [6.07, 6.45) is 3.35. The first-order valence-electron chi connectivity index (χ1n) is 9.94. The molecule has 8 atom stereocenters. The van der Waals surface area contributed by atoms with Gasteiger partial charge in [-0.15, -0.1) is 0 Å². The van der Waals surface area contributed by atoms with Gasteiger partial charge in [-0.2, -0.15) is 0 Å². The molecule has 1 spiro atoms. The van der Waals surface area contributed by atoms with Gasteiger partial charge >= 0.3 is 0 Å². The Kier molecular flexibility index (Phi) is 3.87. The van der Waals surface area contributed by atoms with E-state index in [2.05, 4.69) is 13.8 Å². The van der Waals surface area contributed by atoms with Crippen LogP contribution in [0.3, 0.4) is 0 Å². The van der Waals surface area contributed by atoms with Crippen molar-refractivity contribution in [3.05, 3.63) is 30.3 Å². The zero-order chi connectivity index (χ0) is 17.9. The Morgan fingerprint density at radius 1 is 1.00 bits per heavy atom. The third-order valence-corrected chi connectivity index (χ3v) is 7.09. The number of fused-ring (bicyclic) bond motifs is 2. The molecule has 1 aliphatic carbocycles. The summed E-state index contributed by atoms with van der Waals surface area (Å²) in [6.45, 7) is 6.48. The summed E-state index contributed by atoms with van der Waals surface area (Å²) in [5.41, 5.74) is -0.524. The number of benzene rings is 1. The van der Waals surface area contributed by atoms with E-state index >= 15 is 0 Å². The third kappa shape index (κ3) is 2.37. The molecular weight excluding hydrogens is 332 g/mol. The zero-order valence-corrected chi connectivity index (χ0v) is 15.7. The number of hydrogen-bond donors (Lipinski definition) is 0. The van der Waals surface area contributed by atoms with Crippen molar-refractivity contribution in [2.75, 3.05) is 0 Å². The number of rotatable bonds is 2. The number of hydrogen-bond acceptors (Lipinski definition) is 5. The molecule has 0 radical (unpaired) electrons. The fraction of sp³-hybridized carbons (Fsp3) is 0.714. The quantitative estimate of drug-likeness (QED) is 0.737. The van der Waals surface area contributed by atoms with Crippen LogP contribution in [0.5, 0.6) is 5.75 Å². The largest absolute Gasteiger partial charge is 0.465 e. The molecule has 0 aromatic heterocycles. The van der Waals surface area contributed by atoms with Crippen LogP contribution >= 0.6 is 0 Å². The van der Waals surface area contributed by atoms with E-state index in [1.165, 1.54) is 6.42 Å². The van der Waals surface area contributed by atoms with Gasteiger partial charge in [0.05, 0.1) is 0 Å². The molecule has 4 saturated heterocycles. The molecule has 5 nitrogen and oxygen atoms in total. The third-order valence-electron chi connectivity index (χ3n) is 7.09. The lowest BCUT2D eigenvalue weighted by molar-refractivity contribution is -0.575. The van der Waals surface area contributed by atoms with Gasteiger partial charge in [0.15, 0.2) is 11.9 Å². The average molecular weight is 360 g/mol. The summed E-state index contributed by atoms with van der Waals surface area (Å²) >= 11 is 0. The SMILES string of the molecule is C[C@H]1[C@H](Oc2ccccc2)O[C@@H]2O[C@]3(C)CC[C@H]4[C@H](C)CC[C@@H]1[C@@]24OO3. The lowest BCUT2D eigenvalue weighted by Crippen LogP contribution is -2.70. The predicted molar refractivity (Wildman–Crippen MR) is 93.9 cm³/mol. The lowest BCUT2D eigenvalue weighted by atomic mass is 9.58. The molecule has 0 N–H and O–H groups in total. The van der Waals surface area contributed by atoms with E-state index in [9.17, 15) is 0 Å². The van der Waals surface area contributed by atoms with Crippen LogP contribution in [0, 0.1) is 23.7 Å². The van der Waals surface area contributed by atoms with Crippen LogP contribution in [-0.4, -0.2) is 24.0 Å². The summed E-state index contributed by atoms with van der Waals surface area (Å²) in [5.74, 6) is 1.52.